The van der Waals surface area contributed by atoms with E-state index in [9.17, 15) is 18.3 Å². The van der Waals surface area contributed by atoms with Crippen molar-refractivity contribution >= 4 is 21.7 Å². The SMILES string of the molecule is Cc1ccc(S(=O)(=O)NC(=O)c2ccccc2C(O)=[C+]c2ccccc2)cc1. The number of amides is 1. The van der Waals surface area contributed by atoms with Crippen LogP contribution < -0.4 is 4.72 Å². The van der Waals surface area contributed by atoms with E-state index in [1.807, 2.05) is 17.7 Å². The van der Waals surface area contributed by atoms with E-state index in [1.54, 1.807) is 48.5 Å². The summed E-state index contributed by atoms with van der Waals surface area (Å²) in [6, 6.07) is 21.3. The molecule has 0 aromatic heterocycles. The molecule has 3 aromatic carbocycles. The van der Waals surface area contributed by atoms with Crippen LogP contribution in [-0.2, 0) is 10.0 Å². The molecular formula is C22H18NO4S+. The minimum absolute atomic E-state index is 0.0143. The summed E-state index contributed by atoms with van der Waals surface area (Å²) < 4.78 is 27.0. The van der Waals surface area contributed by atoms with Gasteiger partial charge in [0.25, 0.3) is 21.7 Å². The Morgan fingerprint density at radius 2 is 1.43 bits per heavy atom. The van der Waals surface area contributed by atoms with E-state index in [4.69, 9.17) is 0 Å². The van der Waals surface area contributed by atoms with Gasteiger partial charge >= 0.3 is 0 Å². The first-order valence-electron chi connectivity index (χ1n) is 8.48. The minimum Gasteiger partial charge on any atom is -0.486 e. The highest BCUT2D eigenvalue weighted by Gasteiger charge is 2.24. The van der Waals surface area contributed by atoms with Gasteiger partial charge in [0, 0.05) is 12.1 Å². The van der Waals surface area contributed by atoms with E-state index in [-0.39, 0.29) is 21.8 Å². The van der Waals surface area contributed by atoms with Crippen LogP contribution in [-0.4, -0.2) is 19.4 Å². The summed E-state index contributed by atoms with van der Waals surface area (Å²) >= 11 is 0. The van der Waals surface area contributed by atoms with Gasteiger partial charge in [0.05, 0.1) is 16.5 Å². The zero-order chi connectivity index (χ0) is 20.1. The molecule has 3 rings (SSSR count). The van der Waals surface area contributed by atoms with Gasteiger partial charge in [0.15, 0.2) is 5.56 Å². The summed E-state index contributed by atoms with van der Waals surface area (Å²) in [6.45, 7) is 1.84. The molecule has 0 aliphatic heterocycles. The molecule has 0 unspecified atom stereocenters. The van der Waals surface area contributed by atoms with Crippen LogP contribution >= 0.6 is 0 Å². The molecule has 0 aliphatic carbocycles. The average molecular weight is 392 g/mol. The topological polar surface area (TPSA) is 83.5 Å². The van der Waals surface area contributed by atoms with E-state index in [0.717, 1.165) is 5.56 Å². The molecule has 28 heavy (non-hydrogen) atoms. The van der Waals surface area contributed by atoms with Crippen LogP contribution in [0.2, 0.25) is 0 Å². The summed E-state index contributed by atoms with van der Waals surface area (Å²) in [5.74, 6) is -1.10. The summed E-state index contributed by atoms with van der Waals surface area (Å²) in [4.78, 5) is 12.6. The number of nitrogens with one attached hydrogen (secondary N) is 1. The molecule has 0 spiro atoms. The van der Waals surface area contributed by atoms with Gasteiger partial charge in [-0.15, -0.1) is 0 Å². The normalized spacial score (nSPS) is 11.5. The van der Waals surface area contributed by atoms with Crippen molar-refractivity contribution < 1.29 is 18.3 Å². The number of aliphatic hydroxyl groups is 1. The molecule has 0 saturated heterocycles. The monoisotopic (exact) mass is 392 g/mol. The van der Waals surface area contributed by atoms with Crippen LogP contribution in [0.4, 0.5) is 0 Å². The lowest BCUT2D eigenvalue weighted by atomic mass is 10.0. The molecule has 140 valence electrons. The Morgan fingerprint density at radius 1 is 0.857 bits per heavy atom. The van der Waals surface area contributed by atoms with Crippen LogP contribution in [0.25, 0.3) is 5.76 Å². The highest BCUT2D eigenvalue weighted by Crippen LogP contribution is 2.19. The van der Waals surface area contributed by atoms with Gasteiger partial charge < -0.3 is 5.11 Å². The van der Waals surface area contributed by atoms with Gasteiger partial charge in [-0.1, -0.05) is 29.8 Å². The Morgan fingerprint density at radius 3 is 2.07 bits per heavy atom. The van der Waals surface area contributed by atoms with E-state index in [1.165, 1.54) is 24.3 Å². The fourth-order valence-corrected chi connectivity index (χ4v) is 3.53. The Kier molecular flexibility index (Phi) is 5.54. The molecule has 6 heteroatoms. The van der Waals surface area contributed by atoms with Crippen molar-refractivity contribution in [1.29, 1.82) is 0 Å². The zero-order valence-electron chi connectivity index (χ0n) is 15.1. The second-order valence-corrected chi connectivity index (χ2v) is 7.82. The third-order valence-corrected chi connectivity index (χ3v) is 5.37. The average Bonchev–Trinajstić information content (AvgIpc) is 2.68. The van der Waals surface area contributed by atoms with Gasteiger partial charge in [0.1, 0.15) is 5.56 Å². The van der Waals surface area contributed by atoms with Crippen LogP contribution in [0, 0.1) is 13.0 Å². The molecule has 0 fully saturated rings. The molecule has 0 heterocycles. The maximum Gasteiger partial charge on any atom is 0.275 e. The van der Waals surface area contributed by atoms with Crippen molar-refractivity contribution in [3.63, 3.8) is 0 Å². The standard InChI is InChI=1S/C22H17NO4S/c1-16-11-13-18(14-12-16)28(26,27)23-22(25)20-10-6-5-9-19(20)21(24)15-17-7-3-2-4-8-17/h2-14H,1H3,(H-,23,24,25)/p+1. The molecule has 2 N–H and O–H groups in total. The zero-order valence-corrected chi connectivity index (χ0v) is 15.9. The first-order valence-corrected chi connectivity index (χ1v) is 9.96. The lowest BCUT2D eigenvalue weighted by Crippen LogP contribution is -2.31. The minimum atomic E-state index is -4.04. The second-order valence-electron chi connectivity index (χ2n) is 6.13. The predicted molar refractivity (Wildman–Crippen MR) is 107 cm³/mol. The fourth-order valence-electron chi connectivity index (χ4n) is 2.57. The number of aryl methyl sites for hydroxylation is 1. The third kappa shape index (κ3) is 4.43. The van der Waals surface area contributed by atoms with Crippen molar-refractivity contribution in [3.05, 3.63) is 107 Å². The van der Waals surface area contributed by atoms with Crippen molar-refractivity contribution in [2.75, 3.05) is 0 Å². The maximum atomic E-state index is 12.6. The van der Waals surface area contributed by atoms with Crippen molar-refractivity contribution in [2.24, 2.45) is 0 Å². The molecule has 0 saturated carbocycles. The van der Waals surface area contributed by atoms with Crippen molar-refractivity contribution in [2.45, 2.75) is 11.8 Å². The number of carbonyl (C=O) groups excluding carboxylic acids is 1. The van der Waals surface area contributed by atoms with Gasteiger partial charge in [-0.3, -0.25) is 4.79 Å². The van der Waals surface area contributed by atoms with Gasteiger partial charge in [0.2, 0.25) is 0 Å². The molecular weight excluding hydrogens is 374 g/mol. The highest BCUT2D eigenvalue weighted by molar-refractivity contribution is 7.90. The summed E-state index contributed by atoms with van der Waals surface area (Å²) in [5.41, 5.74) is 1.74. The number of carbonyl (C=O) groups is 1. The van der Waals surface area contributed by atoms with E-state index in [0.29, 0.717) is 5.56 Å². The first kappa shape index (κ1) is 19.3. The Hall–Kier alpha value is -3.47. The number of hydrogen-bond donors (Lipinski definition) is 2. The Bertz CT molecular complexity index is 1120. The largest absolute Gasteiger partial charge is 0.486 e. The quantitative estimate of drug-likeness (QED) is 0.392. The third-order valence-electron chi connectivity index (χ3n) is 4.02. The van der Waals surface area contributed by atoms with Gasteiger partial charge in [-0.05, 0) is 49.4 Å². The lowest BCUT2D eigenvalue weighted by Gasteiger charge is -2.08. The van der Waals surface area contributed by atoms with Crippen LogP contribution in [0.15, 0.2) is 83.8 Å². The number of aliphatic hydroxyl groups excluding tert-OH is 1. The first-order chi connectivity index (χ1) is 13.4. The molecule has 5 nitrogen and oxygen atoms in total. The Balaban J connectivity index is 1.91. The number of benzene rings is 3. The summed E-state index contributed by atoms with van der Waals surface area (Å²) in [6.07, 6.45) is 2.80. The van der Waals surface area contributed by atoms with E-state index >= 15 is 0 Å². The summed E-state index contributed by atoms with van der Waals surface area (Å²) in [7, 11) is -4.04. The van der Waals surface area contributed by atoms with Crippen molar-refractivity contribution in [3.8, 4) is 0 Å². The molecule has 0 atom stereocenters. The second kappa shape index (κ2) is 8.05. The predicted octanol–water partition coefficient (Wildman–Crippen LogP) is 3.86. The molecule has 0 bridgehead atoms. The van der Waals surface area contributed by atoms with Crippen LogP contribution in [0.3, 0.4) is 0 Å². The fraction of sp³-hybridized carbons (Fsp3) is 0.0455. The van der Waals surface area contributed by atoms with Gasteiger partial charge in [-0.2, -0.15) is 0 Å². The van der Waals surface area contributed by atoms with Gasteiger partial charge in [-0.25, -0.2) is 13.1 Å². The van der Waals surface area contributed by atoms with Crippen molar-refractivity contribution in [1.82, 2.24) is 4.72 Å². The summed E-state index contributed by atoms with van der Waals surface area (Å²) in [5, 5.41) is 10.4. The van der Waals surface area contributed by atoms with Crippen LogP contribution in [0.1, 0.15) is 27.0 Å². The molecule has 0 aliphatic rings. The lowest BCUT2D eigenvalue weighted by molar-refractivity contribution is 0.0980. The van der Waals surface area contributed by atoms with E-state index in [2.05, 4.69) is 6.08 Å². The maximum absolute atomic E-state index is 12.6. The number of rotatable bonds is 5. The smallest absolute Gasteiger partial charge is 0.275 e. The molecule has 3 aromatic rings. The number of sulfonamides is 1. The Labute approximate surface area is 164 Å². The molecule has 0 radical (unpaired) electrons. The molecule has 1 amide bonds. The van der Waals surface area contributed by atoms with Crippen LogP contribution in [0.5, 0.6) is 0 Å². The highest BCUT2D eigenvalue weighted by atomic mass is 32.2. The number of hydrogen-bond acceptors (Lipinski definition) is 4. The van der Waals surface area contributed by atoms with E-state index < -0.39 is 15.9 Å².